The maximum atomic E-state index is 12.1. The molecule has 0 aromatic heterocycles. The molecule has 0 aliphatic heterocycles. The van der Waals surface area contributed by atoms with Gasteiger partial charge in [0, 0.05) is 18.6 Å². The number of carbonyl (C=O) groups is 2. The lowest BCUT2D eigenvalue weighted by Crippen LogP contribution is -2.45. The standard InChI is InChI=1S/C15H28N2O3/c1-11(2)17(9-8-15(19)20)10-14(18)16-13-6-4-12(3)5-7-13/h11-13H,4-10H2,1-3H3,(H,16,18)(H,19,20). The molecule has 0 unspecified atom stereocenters. The van der Waals surface area contributed by atoms with E-state index in [1.165, 1.54) is 12.8 Å². The minimum Gasteiger partial charge on any atom is -0.481 e. The lowest BCUT2D eigenvalue weighted by atomic mass is 9.87. The lowest BCUT2D eigenvalue weighted by molar-refractivity contribution is -0.138. The van der Waals surface area contributed by atoms with Gasteiger partial charge in [-0.3, -0.25) is 14.5 Å². The summed E-state index contributed by atoms with van der Waals surface area (Å²) in [5.74, 6) is -0.0353. The van der Waals surface area contributed by atoms with Crippen LogP contribution in [0.5, 0.6) is 0 Å². The molecule has 2 N–H and O–H groups in total. The summed E-state index contributed by atoms with van der Waals surface area (Å²) in [5, 5.41) is 11.8. The molecule has 0 saturated heterocycles. The lowest BCUT2D eigenvalue weighted by Gasteiger charge is -2.29. The van der Waals surface area contributed by atoms with Gasteiger partial charge in [-0.05, 0) is 45.4 Å². The number of nitrogens with zero attached hydrogens (tertiary/aromatic N) is 1. The number of nitrogens with one attached hydrogen (secondary N) is 1. The zero-order valence-electron chi connectivity index (χ0n) is 12.9. The molecule has 1 fully saturated rings. The number of hydrogen-bond donors (Lipinski definition) is 2. The van der Waals surface area contributed by atoms with E-state index in [1.807, 2.05) is 18.7 Å². The van der Waals surface area contributed by atoms with Gasteiger partial charge >= 0.3 is 5.97 Å². The molecule has 0 atom stereocenters. The quantitative estimate of drug-likeness (QED) is 0.749. The van der Waals surface area contributed by atoms with Crippen LogP contribution in [0.25, 0.3) is 0 Å². The molecular weight excluding hydrogens is 256 g/mol. The van der Waals surface area contributed by atoms with Crippen molar-refractivity contribution in [2.45, 2.75) is 65.0 Å². The average molecular weight is 284 g/mol. The Hall–Kier alpha value is -1.10. The highest BCUT2D eigenvalue weighted by atomic mass is 16.4. The normalized spacial score (nSPS) is 23.1. The van der Waals surface area contributed by atoms with Crippen molar-refractivity contribution in [3.05, 3.63) is 0 Å². The Morgan fingerprint density at radius 2 is 1.85 bits per heavy atom. The van der Waals surface area contributed by atoms with Crippen molar-refractivity contribution in [1.82, 2.24) is 10.2 Å². The molecule has 0 aromatic carbocycles. The van der Waals surface area contributed by atoms with Gasteiger partial charge in [0.1, 0.15) is 0 Å². The highest BCUT2D eigenvalue weighted by Gasteiger charge is 2.21. The van der Waals surface area contributed by atoms with Gasteiger partial charge in [-0.1, -0.05) is 6.92 Å². The van der Waals surface area contributed by atoms with Crippen LogP contribution < -0.4 is 5.32 Å². The Morgan fingerprint density at radius 1 is 1.25 bits per heavy atom. The van der Waals surface area contributed by atoms with E-state index in [-0.39, 0.29) is 24.9 Å². The first-order chi connectivity index (χ1) is 9.38. The summed E-state index contributed by atoms with van der Waals surface area (Å²) in [5.41, 5.74) is 0. The van der Waals surface area contributed by atoms with Crippen LogP contribution in [0.15, 0.2) is 0 Å². The first kappa shape index (κ1) is 17.0. The number of carbonyl (C=O) groups excluding carboxylic acids is 1. The van der Waals surface area contributed by atoms with E-state index in [0.29, 0.717) is 12.6 Å². The second kappa shape index (κ2) is 8.25. The molecule has 1 aliphatic carbocycles. The van der Waals surface area contributed by atoms with E-state index in [0.717, 1.165) is 18.8 Å². The van der Waals surface area contributed by atoms with Gasteiger partial charge in [-0.25, -0.2) is 0 Å². The predicted octanol–water partition coefficient (Wildman–Crippen LogP) is 1.87. The van der Waals surface area contributed by atoms with Crippen LogP contribution in [-0.4, -0.2) is 47.1 Å². The zero-order valence-corrected chi connectivity index (χ0v) is 12.9. The molecule has 116 valence electrons. The Kier molecular flexibility index (Phi) is 6.99. The fraction of sp³-hybridized carbons (Fsp3) is 0.867. The minimum absolute atomic E-state index is 0.0173. The monoisotopic (exact) mass is 284 g/mol. The van der Waals surface area contributed by atoms with Gasteiger partial charge in [0.25, 0.3) is 0 Å². The van der Waals surface area contributed by atoms with Crippen molar-refractivity contribution in [1.29, 1.82) is 0 Å². The summed E-state index contributed by atoms with van der Waals surface area (Å²) in [7, 11) is 0. The van der Waals surface area contributed by atoms with E-state index >= 15 is 0 Å². The maximum Gasteiger partial charge on any atom is 0.304 e. The Balaban J connectivity index is 2.35. The summed E-state index contributed by atoms with van der Waals surface area (Å²) < 4.78 is 0. The highest BCUT2D eigenvalue weighted by molar-refractivity contribution is 5.78. The average Bonchev–Trinajstić information content (AvgIpc) is 2.36. The molecule has 1 rings (SSSR count). The van der Waals surface area contributed by atoms with E-state index in [1.54, 1.807) is 0 Å². The van der Waals surface area contributed by atoms with Gasteiger partial charge in [0.2, 0.25) is 5.91 Å². The highest BCUT2D eigenvalue weighted by Crippen LogP contribution is 2.23. The van der Waals surface area contributed by atoms with Crippen molar-refractivity contribution in [3.8, 4) is 0 Å². The van der Waals surface area contributed by atoms with Crippen LogP contribution in [-0.2, 0) is 9.59 Å². The molecule has 0 heterocycles. The van der Waals surface area contributed by atoms with Crippen molar-refractivity contribution in [2.75, 3.05) is 13.1 Å². The minimum atomic E-state index is -0.822. The van der Waals surface area contributed by atoms with E-state index in [9.17, 15) is 9.59 Å². The van der Waals surface area contributed by atoms with Crippen LogP contribution in [0.2, 0.25) is 0 Å². The van der Waals surface area contributed by atoms with Gasteiger partial charge in [0.05, 0.1) is 13.0 Å². The Morgan fingerprint density at radius 3 is 2.35 bits per heavy atom. The summed E-state index contributed by atoms with van der Waals surface area (Å²) in [6.45, 7) is 6.93. The maximum absolute atomic E-state index is 12.1. The third-order valence-corrected chi connectivity index (χ3v) is 4.07. The zero-order chi connectivity index (χ0) is 15.1. The second-order valence-corrected chi connectivity index (χ2v) is 6.23. The molecule has 1 amide bonds. The third kappa shape index (κ3) is 6.37. The Bertz CT molecular complexity index is 323. The van der Waals surface area contributed by atoms with E-state index in [2.05, 4.69) is 12.2 Å². The molecule has 5 nitrogen and oxygen atoms in total. The number of rotatable bonds is 7. The Labute approximate surface area is 121 Å². The van der Waals surface area contributed by atoms with Crippen molar-refractivity contribution >= 4 is 11.9 Å². The fourth-order valence-electron chi connectivity index (χ4n) is 2.62. The van der Waals surface area contributed by atoms with Gasteiger partial charge in [-0.2, -0.15) is 0 Å². The number of carboxylic acids is 1. The van der Waals surface area contributed by atoms with Crippen LogP contribution >= 0.6 is 0 Å². The summed E-state index contributed by atoms with van der Waals surface area (Å²) in [6, 6.07) is 0.471. The van der Waals surface area contributed by atoms with Crippen LogP contribution in [0.1, 0.15) is 52.9 Å². The SMILES string of the molecule is CC1CCC(NC(=O)CN(CCC(=O)O)C(C)C)CC1. The van der Waals surface area contributed by atoms with Crippen LogP contribution in [0.4, 0.5) is 0 Å². The third-order valence-electron chi connectivity index (χ3n) is 4.07. The summed E-state index contributed by atoms with van der Waals surface area (Å²) in [4.78, 5) is 24.6. The molecule has 1 aliphatic rings. The van der Waals surface area contributed by atoms with Crippen LogP contribution in [0.3, 0.4) is 0 Å². The number of carboxylic acid groups (broad SMARTS) is 1. The molecule has 5 heteroatoms. The molecule has 0 radical (unpaired) electrons. The summed E-state index contributed by atoms with van der Waals surface area (Å²) in [6.07, 6.45) is 4.55. The number of aliphatic carboxylic acids is 1. The van der Waals surface area contributed by atoms with Gasteiger partial charge in [0.15, 0.2) is 0 Å². The van der Waals surface area contributed by atoms with Crippen molar-refractivity contribution < 1.29 is 14.7 Å². The van der Waals surface area contributed by atoms with Crippen LogP contribution in [0, 0.1) is 5.92 Å². The first-order valence-corrected chi connectivity index (χ1v) is 7.63. The van der Waals surface area contributed by atoms with Crippen molar-refractivity contribution in [3.63, 3.8) is 0 Å². The topological polar surface area (TPSA) is 69.6 Å². The summed E-state index contributed by atoms with van der Waals surface area (Å²) >= 11 is 0. The predicted molar refractivity (Wildman–Crippen MR) is 78.5 cm³/mol. The molecule has 20 heavy (non-hydrogen) atoms. The molecule has 0 bridgehead atoms. The molecule has 1 saturated carbocycles. The number of amides is 1. The molecule has 0 spiro atoms. The van der Waals surface area contributed by atoms with E-state index < -0.39 is 5.97 Å². The van der Waals surface area contributed by atoms with E-state index in [4.69, 9.17) is 5.11 Å². The largest absolute Gasteiger partial charge is 0.481 e. The smallest absolute Gasteiger partial charge is 0.304 e. The van der Waals surface area contributed by atoms with Gasteiger partial charge < -0.3 is 10.4 Å². The molecular formula is C15H28N2O3. The fourth-order valence-corrected chi connectivity index (χ4v) is 2.62. The molecule has 0 aromatic rings. The number of hydrogen-bond acceptors (Lipinski definition) is 3. The second-order valence-electron chi connectivity index (χ2n) is 6.23. The first-order valence-electron chi connectivity index (χ1n) is 7.63. The van der Waals surface area contributed by atoms with Gasteiger partial charge in [-0.15, -0.1) is 0 Å². The van der Waals surface area contributed by atoms with Crippen molar-refractivity contribution in [2.24, 2.45) is 5.92 Å².